The summed E-state index contributed by atoms with van der Waals surface area (Å²) in [5.74, 6) is -0.00754. The molecular formula is C20H15ClN4O2S. The lowest BCUT2D eigenvalue weighted by atomic mass is 10.3. The Morgan fingerprint density at radius 1 is 0.714 bits per heavy atom. The molecule has 0 aliphatic heterocycles. The van der Waals surface area contributed by atoms with Gasteiger partial charge in [0.25, 0.3) is 10.0 Å². The minimum atomic E-state index is -3.86. The van der Waals surface area contributed by atoms with Gasteiger partial charge in [0.2, 0.25) is 0 Å². The highest BCUT2D eigenvalue weighted by Gasteiger charge is 2.18. The molecule has 28 heavy (non-hydrogen) atoms. The van der Waals surface area contributed by atoms with Crippen molar-refractivity contribution in [2.75, 3.05) is 10.0 Å². The Hall–Kier alpha value is -3.16. The Balaban J connectivity index is 1.57. The third kappa shape index (κ3) is 3.90. The second-order valence-electron chi connectivity index (χ2n) is 5.97. The molecule has 4 rings (SSSR count). The molecule has 3 aromatic carbocycles. The molecule has 8 heteroatoms. The van der Waals surface area contributed by atoms with Crippen LogP contribution < -0.4 is 10.0 Å². The highest BCUT2D eigenvalue weighted by atomic mass is 35.5. The number of halogens is 1. The first-order chi connectivity index (χ1) is 13.5. The lowest BCUT2D eigenvalue weighted by Gasteiger charge is -2.11. The number of sulfonamides is 1. The number of rotatable bonds is 5. The Morgan fingerprint density at radius 2 is 1.29 bits per heavy atom. The van der Waals surface area contributed by atoms with Gasteiger partial charge in [-0.1, -0.05) is 41.9 Å². The zero-order valence-corrected chi connectivity index (χ0v) is 16.1. The number of hydrogen-bond acceptors (Lipinski definition) is 5. The van der Waals surface area contributed by atoms with Crippen LogP contribution in [0.4, 0.5) is 17.2 Å². The predicted molar refractivity (Wildman–Crippen MR) is 112 cm³/mol. The zero-order chi connectivity index (χ0) is 19.6. The first-order valence-corrected chi connectivity index (χ1v) is 10.2. The van der Waals surface area contributed by atoms with E-state index in [0.29, 0.717) is 11.0 Å². The van der Waals surface area contributed by atoms with Crippen molar-refractivity contribution in [2.45, 2.75) is 4.90 Å². The molecule has 1 heterocycles. The molecule has 0 bridgehead atoms. The fraction of sp³-hybridized carbons (Fsp3) is 0. The van der Waals surface area contributed by atoms with Crippen LogP contribution in [-0.4, -0.2) is 18.4 Å². The Labute approximate surface area is 167 Å². The molecule has 0 aliphatic carbocycles. The second kappa shape index (κ2) is 7.46. The van der Waals surface area contributed by atoms with Crippen LogP contribution in [-0.2, 0) is 10.0 Å². The Kier molecular flexibility index (Phi) is 4.85. The molecule has 0 amide bonds. The molecule has 0 unspecified atom stereocenters. The zero-order valence-electron chi connectivity index (χ0n) is 14.5. The first kappa shape index (κ1) is 18.2. The Bertz CT molecular complexity index is 1230. The van der Waals surface area contributed by atoms with E-state index in [2.05, 4.69) is 20.0 Å². The minimum Gasteiger partial charge on any atom is -0.356 e. The lowest BCUT2D eigenvalue weighted by molar-refractivity contribution is 0.601. The fourth-order valence-corrected chi connectivity index (χ4v) is 3.88. The summed E-state index contributed by atoms with van der Waals surface area (Å²) in [6.07, 6.45) is 0. The van der Waals surface area contributed by atoms with E-state index in [4.69, 9.17) is 11.6 Å². The van der Waals surface area contributed by atoms with Crippen LogP contribution in [0.15, 0.2) is 83.8 Å². The molecule has 0 saturated heterocycles. The van der Waals surface area contributed by atoms with Crippen molar-refractivity contribution in [3.8, 4) is 0 Å². The lowest BCUT2D eigenvalue weighted by Crippen LogP contribution is -2.14. The highest BCUT2D eigenvalue weighted by molar-refractivity contribution is 7.92. The molecular weight excluding hydrogens is 396 g/mol. The van der Waals surface area contributed by atoms with Crippen molar-refractivity contribution in [3.63, 3.8) is 0 Å². The summed E-state index contributed by atoms with van der Waals surface area (Å²) in [5, 5.41) is 3.19. The quantitative estimate of drug-likeness (QED) is 0.492. The van der Waals surface area contributed by atoms with Gasteiger partial charge in [0.15, 0.2) is 11.0 Å². The minimum absolute atomic E-state index is 0.00754. The van der Waals surface area contributed by atoms with E-state index in [0.717, 1.165) is 11.4 Å². The van der Waals surface area contributed by atoms with Crippen molar-refractivity contribution < 1.29 is 8.42 Å². The smallest absolute Gasteiger partial charge is 0.263 e. The predicted octanol–water partition coefficient (Wildman–Crippen LogP) is 4.83. The molecule has 0 spiro atoms. The number of nitrogens with zero attached hydrogens (tertiary/aromatic N) is 2. The van der Waals surface area contributed by atoms with Crippen molar-refractivity contribution >= 4 is 49.9 Å². The normalized spacial score (nSPS) is 11.3. The average Bonchev–Trinajstić information content (AvgIpc) is 2.70. The van der Waals surface area contributed by atoms with Crippen molar-refractivity contribution in [1.82, 2.24) is 9.97 Å². The molecule has 1 aromatic heterocycles. The van der Waals surface area contributed by atoms with Crippen LogP contribution in [0.1, 0.15) is 0 Å². The largest absolute Gasteiger partial charge is 0.356 e. The van der Waals surface area contributed by atoms with Gasteiger partial charge in [-0.15, -0.1) is 0 Å². The van der Waals surface area contributed by atoms with E-state index in [1.807, 2.05) is 36.4 Å². The summed E-state index contributed by atoms with van der Waals surface area (Å²) in [5.41, 5.74) is 2.82. The standard InChI is InChI=1S/C20H15ClN4O2S/c21-19-20(24-18-9-5-4-8-17(18)23-19)25-28(26,27)16-12-10-15(11-13-16)22-14-6-2-1-3-7-14/h1-13,22H,(H,24,25). The van der Waals surface area contributed by atoms with Crippen LogP contribution in [0.3, 0.4) is 0 Å². The summed E-state index contributed by atoms with van der Waals surface area (Å²) in [6, 6.07) is 23.1. The average molecular weight is 411 g/mol. The SMILES string of the molecule is O=S(=O)(Nc1nc2ccccc2nc1Cl)c1ccc(Nc2ccccc2)cc1. The number of nitrogens with one attached hydrogen (secondary N) is 2. The molecule has 0 atom stereocenters. The van der Waals surface area contributed by atoms with Gasteiger partial charge in [-0.2, -0.15) is 0 Å². The van der Waals surface area contributed by atoms with Gasteiger partial charge >= 0.3 is 0 Å². The second-order valence-corrected chi connectivity index (χ2v) is 8.01. The molecule has 0 aliphatic rings. The summed E-state index contributed by atoms with van der Waals surface area (Å²) in [7, 11) is -3.86. The molecule has 140 valence electrons. The number of fused-ring (bicyclic) bond motifs is 1. The van der Waals surface area contributed by atoms with E-state index < -0.39 is 10.0 Å². The maximum Gasteiger partial charge on any atom is 0.263 e. The summed E-state index contributed by atoms with van der Waals surface area (Å²) in [6.45, 7) is 0. The fourth-order valence-electron chi connectivity index (χ4n) is 2.64. The topological polar surface area (TPSA) is 84.0 Å². The summed E-state index contributed by atoms with van der Waals surface area (Å²) < 4.78 is 27.8. The van der Waals surface area contributed by atoms with Gasteiger partial charge in [-0.05, 0) is 48.5 Å². The Morgan fingerprint density at radius 3 is 1.96 bits per heavy atom. The van der Waals surface area contributed by atoms with Crippen molar-refractivity contribution in [3.05, 3.63) is 84.0 Å². The number of anilines is 3. The van der Waals surface area contributed by atoms with E-state index in [1.54, 1.807) is 30.3 Å². The van der Waals surface area contributed by atoms with Gasteiger partial charge in [-0.3, -0.25) is 4.72 Å². The van der Waals surface area contributed by atoms with Crippen molar-refractivity contribution in [1.29, 1.82) is 0 Å². The third-order valence-corrected chi connectivity index (χ3v) is 5.60. The maximum atomic E-state index is 12.7. The third-order valence-electron chi connectivity index (χ3n) is 3.99. The molecule has 0 radical (unpaired) electrons. The summed E-state index contributed by atoms with van der Waals surface area (Å²) >= 11 is 6.10. The monoisotopic (exact) mass is 410 g/mol. The summed E-state index contributed by atoms with van der Waals surface area (Å²) in [4.78, 5) is 8.54. The highest BCUT2D eigenvalue weighted by Crippen LogP contribution is 2.25. The van der Waals surface area contributed by atoms with Crippen LogP contribution in [0.2, 0.25) is 5.15 Å². The van der Waals surface area contributed by atoms with E-state index in [1.165, 1.54) is 12.1 Å². The van der Waals surface area contributed by atoms with E-state index in [-0.39, 0.29) is 15.9 Å². The first-order valence-electron chi connectivity index (χ1n) is 8.38. The van der Waals surface area contributed by atoms with Gasteiger partial charge in [-0.25, -0.2) is 18.4 Å². The number of hydrogen-bond donors (Lipinski definition) is 2. The van der Waals surface area contributed by atoms with Crippen LogP contribution in [0.25, 0.3) is 11.0 Å². The van der Waals surface area contributed by atoms with Gasteiger partial charge < -0.3 is 5.32 Å². The molecule has 0 saturated carbocycles. The van der Waals surface area contributed by atoms with Crippen LogP contribution in [0, 0.1) is 0 Å². The van der Waals surface area contributed by atoms with Gasteiger partial charge in [0.05, 0.1) is 15.9 Å². The number of aromatic nitrogens is 2. The van der Waals surface area contributed by atoms with Crippen LogP contribution in [0.5, 0.6) is 0 Å². The van der Waals surface area contributed by atoms with Crippen LogP contribution >= 0.6 is 11.6 Å². The van der Waals surface area contributed by atoms with E-state index >= 15 is 0 Å². The van der Waals surface area contributed by atoms with Gasteiger partial charge in [0, 0.05) is 11.4 Å². The van der Waals surface area contributed by atoms with Gasteiger partial charge in [0.1, 0.15) is 0 Å². The molecule has 2 N–H and O–H groups in total. The van der Waals surface area contributed by atoms with E-state index in [9.17, 15) is 8.42 Å². The maximum absolute atomic E-state index is 12.7. The molecule has 6 nitrogen and oxygen atoms in total. The number of para-hydroxylation sites is 3. The molecule has 0 fully saturated rings. The van der Waals surface area contributed by atoms with Crippen molar-refractivity contribution in [2.24, 2.45) is 0 Å². The molecule has 4 aromatic rings. The number of benzene rings is 3.